The number of carbonyl (C=O) groups is 1. The molecule has 2 unspecified atom stereocenters. The number of methoxy groups -OCH3 is 2. The fourth-order valence-corrected chi connectivity index (χ4v) is 1.49. The van der Waals surface area contributed by atoms with Gasteiger partial charge in [-0.3, -0.25) is 0 Å². The summed E-state index contributed by atoms with van der Waals surface area (Å²) in [5, 5.41) is 3.05. The van der Waals surface area contributed by atoms with Crippen LogP contribution in [0.5, 0.6) is 0 Å². The van der Waals surface area contributed by atoms with E-state index in [1.807, 2.05) is 13.8 Å². The number of carbonyl (C=O) groups excluding carboxylic acids is 1. The van der Waals surface area contributed by atoms with Crippen LogP contribution in [0.3, 0.4) is 0 Å². The second kappa shape index (κ2) is 6.35. The Balaban J connectivity index is 2.99. The van der Waals surface area contributed by atoms with E-state index in [1.54, 1.807) is 7.11 Å². The summed E-state index contributed by atoms with van der Waals surface area (Å²) >= 11 is 0. The molecule has 1 aromatic carbocycles. The summed E-state index contributed by atoms with van der Waals surface area (Å²) < 4.78 is 23.0. The number of benzene rings is 1. The highest BCUT2D eigenvalue weighted by Gasteiger charge is 2.17. The van der Waals surface area contributed by atoms with Gasteiger partial charge in [-0.05, 0) is 32.0 Å². The van der Waals surface area contributed by atoms with Crippen molar-refractivity contribution in [2.75, 3.05) is 19.5 Å². The van der Waals surface area contributed by atoms with E-state index in [1.165, 1.54) is 25.3 Å². The van der Waals surface area contributed by atoms with Gasteiger partial charge in [0.1, 0.15) is 5.82 Å². The smallest absolute Gasteiger partial charge is 0.339 e. The van der Waals surface area contributed by atoms with Crippen molar-refractivity contribution in [3.8, 4) is 0 Å². The van der Waals surface area contributed by atoms with Gasteiger partial charge >= 0.3 is 5.97 Å². The maximum Gasteiger partial charge on any atom is 0.339 e. The lowest BCUT2D eigenvalue weighted by Crippen LogP contribution is -2.30. The van der Waals surface area contributed by atoms with E-state index in [2.05, 4.69) is 10.1 Å². The molecule has 1 aromatic rings. The minimum absolute atomic E-state index is 0.0693. The van der Waals surface area contributed by atoms with Crippen LogP contribution in [0.4, 0.5) is 10.1 Å². The van der Waals surface area contributed by atoms with Crippen LogP contribution in [0.2, 0.25) is 0 Å². The van der Waals surface area contributed by atoms with E-state index in [-0.39, 0.29) is 12.1 Å². The van der Waals surface area contributed by atoms with E-state index < -0.39 is 11.8 Å². The zero-order chi connectivity index (χ0) is 13.7. The topological polar surface area (TPSA) is 47.6 Å². The lowest BCUT2D eigenvalue weighted by molar-refractivity contribution is 0.0601. The molecule has 0 aromatic heterocycles. The molecule has 0 aliphatic heterocycles. The highest BCUT2D eigenvalue weighted by Crippen LogP contribution is 2.20. The summed E-state index contributed by atoms with van der Waals surface area (Å²) in [6, 6.07) is 3.82. The molecule has 18 heavy (non-hydrogen) atoms. The Morgan fingerprint density at radius 1 is 1.33 bits per heavy atom. The zero-order valence-electron chi connectivity index (χ0n) is 11.0. The largest absolute Gasteiger partial charge is 0.465 e. The molecule has 4 nitrogen and oxygen atoms in total. The van der Waals surface area contributed by atoms with Gasteiger partial charge in [-0.25, -0.2) is 9.18 Å². The first kappa shape index (κ1) is 14.4. The summed E-state index contributed by atoms with van der Waals surface area (Å²) in [6.45, 7) is 3.77. The number of ether oxygens (including phenoxy) is 2. The lowest BCUT2D eigenvalue weighted by Gasteiger charge is -2.22. The first-order chi connectivity index (χ1) is 8.49. The average molecular weight is 255 g/mol. The number of hydrogen-bond acceptors (Lipinski definition) is 4. The van der Waals surface area contributed by atoms with Gasteiger partial charge in [0.05, 0.1) is 24.5 Å². The van der Waals surface area contributed by atoms with Crippen LogP contribution in [0.25, 0.3) is 0 Å². The molecule has 0 fully saturated rings. The summed E-state index contributed by atoms with van der Waals surface area (Å²) in [6.07, 6.45) is -0.0706. The highest BCUT2D eigenvalue weighted by molar-refractivity contribution is 5.95. The van der Waals surface area contributed by atoms with Crippen molar-refractivity contribution in [2.24, 2.45) is 0 Å². The van der Waals surface area contributed by atoms with Crippen molar-refractivity contribution in [2.45, 2.75) is 26.0 Å². The molecular weight excluding hydrogens is 237 g/mol. The van der Waals surface area contributed by atoms with Crippen molar-refractivity contribution >= 4 is 11.7 Å². The Morgan fingerprint density at radius 2 is 2.00 bits per heavy atom. The van der Waals surface area contributed by atoms with Gasteiger partial charge in [0.15, 0.2) is 0 Å². The van der Waals surface area contributed by atoms with E-state index in [0.29, 0.717) is 11.3 Å². The standard InChI is InChI=1S/C13H18FNO3/c1-8(9(2)17-3)15-12-7-10(14)5-6-11(12)13(16)18-4/h5-9,15H,1-4H3. The van der Waals surface area contributed by atoms with Gasteiger partial charge < -0.3 is 14.8 Å². The summed E-state index contributed by atoms with van der Waals surface area (Å²) in [4.78, 5) is 11.6. The first-order valence-electron chi connectivity index (χ1n) is 5.66. The maximum atomic E-state index is 13.2. The van der Waals surface area contributed by atoms with Crippen molar-refractivity contribution in [1.82, 2.24) is 0 Å². The van der Waals surface area contributed by atoms with Crippen LogP contribution in [-0.4, -0.2) is 32.3 Å². The molecular formula is C13H18FNO3. The fraction of sp³-hybridized carbons (Fsp3) is 0.462. The molecule has 2 atom stereocenters. The molecule has 0 spiro atoms. The van der Waals surface area contributed by atoms with Gasteiger partial charge in [0, 0.05) is 13.2 Å². The van der Waals surface area contributed by atoms with Gasteiger partial charge in [0.2, 0.25) is 0 Å². The van der Waals surface area contributed by atoms with Gasteiger partial charge in [-0.2, -0.15) is 0 Å². The molecule has 0 amide bonds. The van der Waals surface area contributed by atoms with Gasteiger partial charge in [-0.1, -0.05) is 0 Å². The minimum Gasteiger partial charge on any atom is -0.465 e. The Morgan fingerprint density at radius 3 is 2.56 bits per heavy atom. The zero-order valence-corrected chi connectivity index (χ0v) is 11.0. The molecule has 5 heteroatoms. The van der Waals surface area contributed by atoms with Crippen molar-refractivity contribution in [3.63, 3.8) is 0 Å². The number of nitrogens with one attached hydrogen (secondary N) is 1. The predicted molar refractivity (Wildman–Crippen MR) is 67.3 cm³/mol. The number of hydrogen-bond donors (Lipinski definition) is 1. The van der Waals surface area contributed by atoms with Crippen LogP contribution in [0.15, 0.2) is 18.2 Å². The normalized spacial score (nSPS) is 13.8. The fourth-order valence-electron chi connectivity index (χ4n) is 1.49. The number of halogens is 1. The average Bonchev–Trinajstić information content (AvgIpc) is 2.37. The molecule has 100 valence electrons. The summed E-state index contributed by atoms with van der Waals surface area (Å²) in [5.41, 5.74) is 0.701. The molecule has 0 saturated carbocycles. The minimum atomic E-state index is -0.505. The second-order valence-electron chi connectivity index (χ2n) is 4.06. The lowest BCUT2D eigenvalue weighted by atomic mass is 10.1. The van der Waals surface area contributed by atoms with Crippen LogP contribution < -0.4 is 5.32 Å². The third kappa shape index (κ3) is 3.43. The monoisotopic (exact) mass is 255 g/mol. The predicted octanol–water partition coefficient (Wildman–Crippen LogP) is 2.45. The van der Waals surface area contributed by atoms with Gasteiger partial charge in [-0.15, -0.1) is 0 Å². The molecule has 0 aliphatic rings. The number of rotatable bonds is 5. The maximum absolute atomic E-state index is 13.2. The molecule has 0 radical (unpaired) electrons. The van der Waals surface area contributed by atoms with Gasteiger partial charge in [0.25, 0.3) is 0 Å². The summed E-state index contributed by atoms with van der Waals surface area (Å²) in [7, 11) is 2.88. The Hall–Kier alpha value is -1.62. The SMILES string of the molecule is COC(=O)c1ccc(F)cc1NC(C)C(C)OC. The quantitative estimate of drug-likeness (QED) is 0.821. The molecule has 0 bridgehead atoms. The second-order valence-corrected chi connectivity index (χ2v) is 4.06. The first-order valence-corrected chi connectivity index (χ1v) is 5.66. The Bertz CT molecular complexity index is 423. The third-order valence-corrected chi connectivity index (χ3v) is 2.85. The molecule has 1 N–H and O–H groups in total. The van der Waals surface area contributed by atoms with Crippen molar-refractivity contribution in [1.29, 1.82) is 0 Å². The van der Waals surface area contributed by atoms with Crippen molar-refractivity contribution in [3.05, 3.63) is 29.6 Å². The van der Waals surface area contributed by atoms with E-state index in [9.17, 15) is 9.18 Å². The van der Waals surface area contributed by atoms with Crippen molar-refractivity contribution < 1.29 is 18.7 Å². The van der Waals surface area contributed by atoms with E-state index >= 15 is 0 Å². The Kier molecular flexibility index (Phi) is 5.09. The third-order valence-electron chi connectivity index (χ3n) is 2.85. The molecule has 0 saturated heterocycles. The number of anilines is 1. The van der Waals surface area contributed by atoms with E-state index in [0.717, 1.165) is 0 Å². The molecule has 0 heterocycles. The van der Waals surface area contributed by atoms with Crippen LogP contribution in [0.1, 0.15) is 24.2 Å². The van der Waals surface area contributed by atoms with Crippen LogP contribution in [0, 0.1) is 5.82 Å². The van der Waals surface area contributed by atoms with Crippen LogP contribution >= 0.6 is 0 Å². The Labute approximate surface area is 106 Å². The van der Waals surface area contributed by atoms with E-state index in [4.69, 9.17) is 4.74 Å². The molecule has 0 aliphatic carbocycles. The molecule has 1 rings (SSSR count). The highest BCUT2D eigenvalue weighted by atomic mass is 19.1. The number of esters is 1. The summed E-state index contributed by atoms with van der Waals surface area (Å²) in [5.74, 6) is -0.919. The van der Waals surface area contributed by atoms with Crippen LogP contribution in [-0.2, 0) is 9.47 Å².